The van der Waals surface area contributed by atoms with Crippen molar-refractivity contribution >= 4 is 37.4 Å². The average Bonchev–Trinajstić information content (AvgIpc) is 3.23. The number of pyridine rings is 1. The molecule has 1 N–H and O–H groups in total. The second-order valence-electron chi connectivity index (χ2n) is 8.04. The number of hydrogen-bond donors (Lipinski definition) is 1. The first-order valence-electron chi connectivity index (χ1n) is 9.67. The van der Waals surface area contributed by atoms with Crippen LogP contribution in [0.2, 0.25) is 0 Å². The number of nitrogens with one attached hydrogen (secondary N) is 1. The molecule has 1 aliphatic carbocycles. The van der Waals surface area contributed by atoms with Crippen molar-refractivity contribution < 1.29 is 13.2 Å². The Labute approximate surface area is 173 Å². The number of aromatic nitrogens is 4. The highest BCUT2D eigenvalue weighted by atomic mass is 32.2. The van der Waals surface area contributed by atoms with Gasteiger partial charge in [-0.15, -0.1) is 0 Å². The molecule has 0 amide bonds. The fraction of sp³-hybridized carbons (Fsp3) is 0.526. The normalized spacial score (nSPS) is 21.6. The van der Waals surface area contributed by atoms with Crippen LogP contribution in [0.15, 0.2) is 12.1 Å². The lowest BCUT2D eigenvalue weighted by atomic mass is 10.1. The summed E-state index contributed by atoms with van der Waals surface area (Å²) >= 11 is 1.32. The number of anilines is 1. The third-order valence-corrected chi connectivity index (χ3v) is 8.86. The van der Waals surface area contributed by atoms with Gasteiger partial charge in [-0.05, 0) is 55.9 Å². The summed E-state index contributed by atoms with van der Waals surface area (Å²) in [6.07, 6.45) is 2.61. The van der Waals surface area contributed by atoms with Crippen LogP contribution in [0.5, 0.6) is 0 Å². The van der Waals surface area contributed by atoms with Gasteiger partial charge < -0.3 is 9.64 Å². The second kappa shape index (κ2) is 6.48. The number of ether oxygens (including phenoxy) is 1. The van der Waals surface area contributed by atoms with Crippen molar-refractivity contribution in [3.05, 3.63) is 23.4 Å². The van der Waals surface area contributed by atoms with Crippen LogP contribution < -0.4 is 4.90 Å². The van der Waals surface area contributed by atoms with E-state index >= 15 is 0 Å². The van der Waals surface area contributed by atoms with Crippen LogP contribution in [0.1, 0.15) is 31.0 Å². The molecule has 0 bridgehead atoms. The highest BCUT2D eigenvalue weighted by Gasteiger charge is 2.55. The van der Waals surface area contributed by atoms with Crippen molar-refractivity contribution in [2.24, 2.45) is 0 Å². The smallest absolute Gasteiger partial charge is 0.157 e. The number of rotatable bonds is 4. The van der Waals surface area contributed by atoms with Crippen LogP contribution in [0.3, 0.4) is 0 Å². The van der Waals surface area contributed by atoms with Gasteiger partial charge in [0.25, 0.3) is 0 Å². The predicted molar refractivity (Wildman–Crippen MR) is 113 cm³/mol. The number of sulfone groups is 1. The van der Waals surface area contributed by atoms with E-state index in [0.29, 0.717) is 26.1 Å². The summed E-state index contributed by atoms with van der Waals surface area (Å²) in [6, 6.07) is 4.07. The van der Waals surface area contributed by atoms with Gasteiger partial charge in [-0.2, -0.15) is 9.47 Å². The summed E-state index contributed by atoms with van der Waals surface area (Å²) in [5, 5.41) is 7.23. The number of aromatic amines is 1. The number of morpholine rings is 1. The third-order valence-electron chi connectivity index (χ3n) is 5.94. The van der Waals surface area contributed by atoms with Gasteiger partial charge in [-0.25, -0.2) is 13.4 Å². The summed E-state index contributed by atoms with van der Waals surface area (Å²) in [6.45, 7) is 5.99. The van der Waals surface area contributed by atoms with Gasteiger partial charge in [-0.1, -0.05) is 0 Å². The van der Waals surface area contributed by atoms with Gasteiger partial charge in [0.15, 0.2) is 9.84 Å². The molecule has 1 atom stereocenters. The molecule has 29 heavy (non-hydrogen) atoms. The Morgan fingerprint density at radius 2 is 2.14 bits per heavy atom. The standard InChI is InChI=1S/C19H23N5O3S2/c1-11-8-14(22-21-11)16-17-18(28-23-16)13(19(4-5-19)29(3,25)26)9-15(20-17)24-6-7-27-10-12(24)2/h8-9,12H,4-7,10H2,1-3H3,(H,21,22)/t12-/m1/s1. The Hall–Kier alpha value is -2.04. The van der Waals surface area contributed by atoms with E-state index in [-0.39, 0.29) is 6.04 Å². The molecule has 1 saturated carbocycles. The van der Waals surface area contributed by atoms with Gasteiger partial charge in [0.1, 0.15) is 17.0 Å². The lowest BCUT2D eigenvalue weighted by molar-refractivity contribution is 0.0985. The zero-order valence-electron chi connectivity index (χ0n) is 16.6. The van der Waals surface area contributed by atoms with Gasteiger partial charge in [0, 0.05) is 12.8 Å². The monoisotopic (exact) mass is 433 g/mol. The maximum absolute atomic E-state index is 12.7. The molecular weight excluding hydrogens is 410 g/mol. The first-order valence-corrected chi connectivity index (χ1v) is 12.3. The predicted octanol–water partition coefficient (Wildman–Crippen LogP) is 2.65. The van der Waals surface area contributed by atoms with E-state index in [1.807, 2.05) is 19.1 Å². The van der Waals surface area contributed by atoms with E-state index in [1.165, 1.54) is 17.8 Å². The van der Waals surface area contributed by atoms with Crippen LogP contribution in [0, 0.1) is 6.92 Å². The average molecular weight is 434 g/mol. The summed E-state index contributed by atoms with van der Waals surface area (Å²) in [5.41, 5.74) is 3.95. The first kappa shape index (κ1) is 19.0. The maximum atomic E-state index is 12.7. The maximum Gasteiger partial charge on any atom is 0.157 e. The van der Waals surface area contributed by atoms with Gasteiger partial charge in [0.05, 0.1) is 40.1 Å². The van der Waals surface area contributed by atoms with Gasteiger partial charge in [-0.3, -0.25) is 5.10 Å². The van der Waals surface area contributed by atoms with Crippen molar-refractivity contribution in [1.29, 1.82) is 0 Å². The van der Waals surface area contributed by atoms with E-state index in [2.05, 4.69) is 26.4 Å². The highest BCUT2D eigenvalue weighted by molar-refractivity contribution is 7.92. The minimum absolute atomic E-state index is 0.166. The van der Waals surface area contributed by atoms with Crippen LogP contribution in [-0.4, -0.2) is 60.0 Å². The SMILES string of the molecule is Cc1cc(-c2nsc3c(C4(S(C)(=O)=O)CC4)cc(N4CCOC[C@H]4C)nc23)[nH]n1. The van der Waals surface area contributed by atoms with Crippen LogP contribution in [0.25, 0.3) is 21.6 Å². The molecule has 10 heteroatoms. The molecule has 0 unspecified atom stereocenters. The van der Waals surface area contributed by atoms with Crippen molar-refractivity contribution in [1.82, 2.24) is 19.6 Å². The number of nitrogens with zero attached hydrogens (tertiary/aromatic N) is 4. The Bertz CT molecular complexity index is 1200. The Morgan fingerprint density at radius 3 is 2.76 bits per heavy atom. The molecular formula is C19H23N5O3S2. The Morgan fingerprint density at radius 1 is 1.34 bits per heavy atom. The minimum atomic E-state index is -3.26. The number of aryl methyl sites for hydroxylation is 1. The molecule has 3 aromatic heterocycles. The van der Waals surface area contributed by atoms with E-state index in [4.69, 9.17) is 9.72 Å². The fourth-order valence-corrected chi connectivity index (χ4v) is 6.55. The largest absolute Gasteiger partial charge is 0.377 e. The number of fused-ring (bicyclic) bond motifs is 1. The molecule has 0 spiro atoms. The summed E-state index contributed by atoms with van der Waals surface area (Å²) in [5.74, 6) is 0.788. The molecule has 3 aromatic rings. The molecule has 0 radical (unpaired) electrons. The number of hydrogen-bond acceptors (Lipinski definition) is 8. The van der Waals surface area contributed by atoms with Crippen LogP contribution in [-0.2, 0) is 19.3 Å². The minimum Gasteiger partial charge on any atom is -0.377 e. The third kappa shape index (κ3) is 2.96. The molecule has 8 nitrogen and oxygen atoms in total. The molecule has 5 rings (SSSR count). The molecule has 1 saturated heterocycles. The fourth-order valence-electron chi connectivity index (χ4n) is 4.13. The molecule has 2 fully saturated rings. The lowest BCUT2D eigenvalue weighted by Gasteiger charge is -2.34. The Balaban J connectivity index is 1.76. The zero-order valence-corrected chi connectivity index (χ0v) is 18.2. The van der Waals surface area contributed by atoms with Crippen LogP contribution in [0.4, 0.5) is 5.82 Å². The van der Waals surface area contributed by atoms with E-state index < -0.39 is 14.6 Å². The topological polar surface area (TPSA) is 101 Å². The Kier molecular flexibility index (Phi) is 4.24. The summed E-state index contributed by atoms with van der Waals surface area (Å²) in [7, 11) is -3.26. The first-order chi connectivity index (χ1) is 13.8. The molecule has 1 aliphatic heterocycles. The van der Waals surface area contributed by atoms with Gasteiger partial charge >= 0.3 is 0 Å². The number of H-pyrrole nitrogens is 1. The van der Waals surface area contributed by atoms with Crippen molar-refractivity contribution in [2.45, 2.75) is 37.5 Å². The zero-order chi connectivity index (χ0) is 20.4. The second-order valence-corrected chi connectivity index (χ2v) is 11.1. The summed E-state index contributed by atoms with van der Waals surface area (Å²) in [4.78, 5) is 7.15. The quantitative estimate of drug-likeness (QED) is 0.675. The van der Waals surface area contributed by atoms with E-state index in [1.54, 1.807) is 0 Å². The highest BCUT2D eigenvalue weighted by Crippen LogP contribution is 2.55. The molecule has 154 valence electrons. The summed E-state index contributed by atoms with van der Waals surface area (Å²) < 4.78 is 35.6. The van der Waals surface area contributed by atoms with Crippen molar-refractivity contribution in [3.63, 3.8) is 0 Å². The molecule has 4 heterocycles. The molecule has 2 aliphatic rings. The van der Waals surface area contributed by atoms with Crippen molar-refractivity contribution in [2.75, 3.05) is 30.9 Å². The van der Waals surface area contributed by atoms with E-state index in [0.717, 1.165) is 45.2 Å². The van der Waals surface area contributed by atoms with E-state index in [9.17, 15) is 8.42 Å². The van der Waals surface area contributed by atoms with Crippen molar-refractivity contribution in [3.8, 4) is 11.4 Å². The molecule has 0 aromatic carbocycles. The van der Waals surface area contributed by atoms with Gasteiger partial charge in [0.2, 0.25) is 0 Å². The lowest BCUT2D eigenvalue weighted by Crippen LogP contribution is -2.44. The van der Waals surface area contributed by atoms with Crippen LogP contribution >= 0.6 is 11.5 Å².